The number of rotatable bonds is 4. The number of carbonyl (C=O) groups excluding carboxylic acids is 1. The third-order valence-electron chi connectivity index (χ3n) is 2.05. The second-order valence-electron chi connectivity index (χ2n) is 3.22. The third-order valence-corrected chi connectivity index (χ3v) is 2.54. The minimum absolute atomic E-state index is 0.134. The highest BCUT2D eigenvalue weighted by atomic mass is 79.9. The summed E-state index contributed by atoms with van der Waals surface area (Å²) in [5.74, 6) is -1.09. The molecule has 0 unspecified atom stereocenters. The number of Topliss-reactive ketones (excluding diaryl/α,β-unsaturated/α-hetero) is 1. The zero-order valence-electron chi connectivity index (χ0n) is 8.27. The van der Waals surface area contributed by atoms with E-state index in [4.69, 9.17) is 0 Å². The molecule has 0 aromatic heterocycles. The average molecular weight is 277 g/mol. The van der Waals surface area contributed by atoms with Gasteiger partial charge in [-0.05, 0) is 30.2 Å². The standard InChI is InChI=1S/C11H11BrF2O/c1-2-3-7-6-8(12)4-5-9(7)10(15)11(13)14/h4-6,11H,2-3H2,1H3. The summed E-state index contributed by atoms with van der Waals surface area (Å²) in [4.78, 5) is 11.2. The summed E-state index contributed by atoms with van der Waals surface area (Å²) in [5, 5.41) is 0. The van der Waals surface area contributed by atoms with Crippen molar-refractivity contribution in [3.63, 3.8) is 0 Å². The van der Waals surface area contributed by atoms with Crippen LogP contribution in [0.3, 0.4) is 0 Å². The van der Waals surface area contributed by atoms with Crippen LogP contribution in [0.4, 0.5) is 8.78 Å². The van der Waals surface area contributed by atoms with E-state index in [1.54, 1.807) is 12.1 Å². The van der Waals surface area contributed by atoms with Gasteiger partial charge >= 0.3 is 6.43 Å². The number of halogens is 3. The topological polar surface area (TPSA) is 17.1 Å². The first kappa shape index (κ1) is 12.3. The van der Waals surface area contributed by atoms with E-state index in [1.807, 2.05) is 6.92 Å². The Kier molecular flexibility index (Phi) is 4.39. The second kappa shape index (κ2) is 5.35. The summed E-state index contributed by atoms with van der Waals surface area (Å²) in [5.41, 5.74) is 0.812. The number of carbonyl (C=O) groups is 1. The van der Waals surface area contributed by atoms with Gasteiger partial charge in [0.2, 0.25) is 5.78 Å². The first-order valence-corrected chi connectivity index (χ1v) is 5.46. The maximum Gasteiger partial charge on any atom is 0.300 e. The molecule has 0 amide bonds. The van der Waals surface area contributed by atoms with Crippen LogP contribution in [0, 0.1) is 0 Å². The van der Waals surface area contributed by atoms with Crippen molar-refractivity contribution in [1.82, 2.24) is 0 Å². The number of hydrogen-bond acceptors (Lipinski definition) is 1. The highest BCUT2D eigenvalue weighted by Crippen LogP contribution is 2.20. The van der Waals surface area contributed by atoms with Crippen LogP contribution >= 0.6 is 15.9 Å². The molecule has 4 heteroatoms. The SMILES string of the molecule is CCCc1cc(Br)ccc1C(=O)C(F)F. The van der Waals surface area contributed by atoms with Crippen LogP contribution in [-0.2, 0) is 6.42 Å². The maximum absolute atomic E-state index is 12.3. The van der Waals surface area contributed by atoms with Gasteiger partial charge in [0, 0.05) is 10.0 Å². The molecule has 1 rings (SSSR count). The number of alkyl halides is 2. The first-order valence-electron chi connectivity index (χ1n) is 4.67. The van der Waals surface area contributed by atoms with E-state index in [0.717, 1.165) is 10.9 Å². The Morgan fingerprint density at radius 1 is 1.47 bits per heavy atom. The fourth-order valence-corrected chi connectivity index (χ4v) is 1.80. The molecule has 0 aliphatic carbocycles. The molecule has 0 spiro atoms. The van der Waals surface area contributed by atoms with Crippen molar-refractivity contribution >= 4 is 21.7 Å². The minimum Gasteiger partial charge on any atom is -0.288 e. The summed E-state index contributed by atoms with van der Waals surface area (Å²) in [6.45, 7) is 1.94. The van der Waals surface area contributed by atoms with Crippen molar-refractivity contribution in [3.05, 3.63) is 33.8 Å². The molecular weight excluding hydrogens is 266 g/mol. The van der Waals surface area contributed by atoms with Crippen LogP contribution in [0.25, 0.3) is 0 Å². The molecule has 0 aliphatic rings. The highest BCUT2D eigenvalue weighted by molar-refractivity contribution is 9.10. The number of aryl methyl sites for hydroxylation is 1. The molecule has 1 aromatic rings. The highest BCUT2D eigenvalue weighted by Gasteiger charge is 2.20. The van der Waals surface area contributed by atoms with Gasteiger partial charge in [-0.15, -0.1) is 0 Å². The lowest BCUT2D eigenvalue weighted by molar-refractivity contribution is 0.0677. The van der Waals surface area contributed by atoms with E-state index >= 15 is 0 Å². The third kappa shape index (κ3) is 3.09. The quantitative estimate of drug-likeness (QED) is 0.764. The van der Waals surface area contributed by atoms with Gasteiger partial charge in [0.1, 0.15) is 0 Å². The van der Waals surface area contributed by atoms with Crippen molar-refractivity contribution in [3.8, 4) is 0 Å². The van der Waals surface area contributed by atoms with E-state index in [0.29, 0.717) is 12.0 Å². The Balaban J connectivity index is 3.10. The Bertz CT molecular complexity index is 364. The Hall–Kier alpha value is -0.770. The van der Waals surface area contributed by atoms with Gasteiger partial charge in [0.25, 0.3) is 0 Å². The zero-order chi connectivity index (χ0) is 11.4. The average Bonchev–Trinajstić information content (AvgIpc) is 2.17. The molecule has 0 atom stereocenters. The summed E-state index contributed by atoms with van der Waals surface area (Å²) in [6, 6.07) is 4.78. The lowest BCUT2D eigenvalue weighted by atomic mass is 10.0. The monoisotopic (exact) mass is 276 g/mol. The fourth-order valence-electron chi connectivity index (χ4n) is 1.40. The molecular formula is C11H11BrF2O. The molecule has 0 radical (unpaired) electrons. The normalized spacial score (nSPS) is 10.7. The summed E-state index contributed by atoms with van der Waals surface area (Å²) >= 11 is 3.25. The molecule has 1 nitrogen and oxygen atoms in total. The van der Waals surface area contributed by atoms with Crippen LogP contribution in [0.15, 0.2) is 22.7 Å². The zero-order valence-corrected chi connectivity index (χ0v) is 9.85. The molecule has 0 saturated carbocycles. The lowest BCUT2D eigenvalue weighted by Gasteiger charge is -2.07. The van der Waals surface area contributed by atoms with E-state index in [-0.39, 0.29) is 5.56 Å². The molecule has 0 N–H and O–H groups in total. The smallest absolute Gasteiger partial charge is 0.288 e. The van der Waals surface area contributed by atoms with Crippen molar-refractivity contribution in [2.24, 2.45) is 0 Å². The van der Waals surface area contributed by atoms with Gasteiger partial charge in [0.05, 0.1) is 0 Å². The van der Waals surface area contributed by atoms with E-state index in [9.17, 15) is 13.6 Å². The minimum atomic E-state index is -2.93. The second-order valence-corrected chi connectivity index (χ2v) is 4.13. The van der Waals surface area contributed by atoms with Gasteiger partial charge in [-0.2, -0.15) is 0 Å². The van der Waals surface area contributed by atoms with E-state index in [2.05, 4.69) is 15.9 Å². The molecule has 15 heavy (non-hydrogen) atoms. The van der Waals surface area contributed by atoms with E-state index in [1.165, 1.54) is 6.07 Å². The van der Waals surface area contributed by atoms with Crippen LogP contribution in [0.5, 0.6) is 0 Å². The molecule has 1 aromatic carbocycles. The fraction of sp³-hybridized carbons (Fsp3) is 0.364. The molecule has 0 bridgehead atoms. The Labute approximate surface area is 95.6 Å². The van der Waals surface area contributed by atoms with Gasteiger partial charge in [-0.25, -0.2) is 8.78 Å². The number of hydrogen-bond donors (Lipinski definition) is 0. The Morgan fingerprint density at radius 2 is 2.13 bits per heavy atom. The van der Waals surface area contributed by atoms with Crippen LogP contribution in [0.1, 0.15) is 29.3 Å². The van der Waals surface area contributed by atoms with Crippen molar-refractivity contribution < 1.29 is 13.6 Å². The number of benzene rings is 1. The van der Waals surface area contributed by atoms with Crippen molar-refractivity contribution in [2.45, 2.75) is 26.2 Å². The van der Waals surface area contributed by atoms with Gasteiger partial charge in [0.15, 0.2) is 0 Å². The van der Waals surface area contributed by atoms with Crippen LogP contribution < -0.4 is 0 Å². The molecule has 0 saturated heterocycles. The molecule has 0 heterocycles. The summed E-state index contributed by atoms with van der Waals surface area (Å²) in [6.07, 6.45) is -1.48. The van der Waals surface area contributed by atoms with Gasteiger partial charge < -0.3 is 0 Å². The predicted octanol–water partition coefficient (Wildman–Crippen LogP) is 3.85. The van der Waals surface area contributed by atoms with Crippen LogP contribution in [-0.4, -0.2) is 12.2 Å². The van der Waals surface area contributed by atoms with Crippen molar-refractivity contribution in [1.29, 1.82) is 0 Å². The Morgan fingerprint density at radius 3 is 2.67 bits per heavy atom. The number of ketones is 1. The van der Waals surface area contributed by atoms with Gasteiger partial charge in [-0.3, -0.25) is 4.79 Å². The maximum atomic E-state index is 12.3. The van der Waals surface area contributed by atoms with Crippen LogP contribution in [0.2, 0.25) is 0 Å². The molecule has 82 valence electrons. The summed E-state index contributed by atoms with van der Waals surface area (Å²) in [7, 11) is 0. The molecule has 0 fully saturated rings. The molecule has 0 aliphatic heterocycles. The largest absolute Gasteiger partial charge is 0.300 e. The first-order chi connectivity index (χ1) is 7.06. The van der Waals surface area contributed by atoms with Gasteiger partial charge in [-0.1, -0.05) is 29.3 Å². The summed E-state index contributed by atoms with van der Waals surface area (Å²) < 4.78 is 25.3. The predicted molar refractivity (Wildman–Crippen MR) is 58.5 cm³/mol. The lowest BCUT2D eigenvalue weighted by Crippen LogP contribution is -2.12. The van der Waals surface area contributed by atoms with Crippen molar-refractivity contribution in [2.75, 3.05) is 0 Å². The van der Waals surface area contributed by atoms with E-state index < -0.39 is 12.2 Å².